The maximum Gasteiger partial charge on any atom is 0.276 e. The van der Waals surface area contributed by atoms with Gasteiger partial charge in [-0.2, -0.15) is 0 Å². The van der Waals surface area contributed by atoms with Crippen LogP contribution in [0.3, 0.4) is 0 Å². The Labute approximate surface area is 118 Å². The number of benzene rings is 1. The zero-order valence-corrected chi connectivity index (χ0v) is 11.6. The topological polar surface area (TPSA) is 61.6 Å². The molecule has 0 aliphatic carbocycles. The summed E-state index contributed by atoms with van der Waals surface area (Å²) in [6.07, 6.45) is 4.85. The van der Waals surface area contributed by atoms with Crippen LogP contribution in [0.2, 0.25) is 0 Å². The van der Waals surface area contributed by atoms with Crippen molar-refractivity contribution in [3.05, 3.63) is 46.0 Å². The monoisotopic (exact) mass is 277 g/mol. The third-order valence-electron chi connectivity index (χ3n) is 3.34. The smallest absolute Gasteiger partial charge is 0.276 e. The summed E-state index contributed by atoms with van der Waals surface area (Å²) in [5.74, 6) is 0. The van der Waals surface area contributed by atoms with Gasteiger partial charge < -0.3 is 9.47 Å². The summed E-state index contributed by atoms with van der Waals surface area (Å²) in [4.78, 5) is 10.6. The molecule has 1 aromatic rings. The molecule has 1 aromatic carbocycles. The molecule has 5 heteroatoms. The van der Waals surface area contributed by atoms with Crippen LogP contribution in [-0.4, -0.2) is 24.4 Å². The Balaban J connectivity index is 1.97. The molecule has 1 aliphatic rings. The summed E-state index contributed by atoms with van der Waals surface area (Å²) in [5, 5.41) is 11.0. The van der Waals surface area contributed by atoms with Gasteiger partial charge in [0.15, 0.2) is 6.29 Å². The summed E-state index contributed by atoms with van der Waals surface area (Å²) in [6, 6.07) is 6.73. The SMILES string of the molecule is C/C(=C/COC1CCCCO1)c1ccccc1[N+](=O)[O-]. The second-order valence-corrected chi connectivity index (χ2v) is 4.79. The first-order valence-electron chi connectivity index (χ1n) is 6.82. The normalized spacial score (nSPS) is 19.9. The van der Waals surface area contributed by atoms with E-state index in [1.165, 1.54) is 6.07 Å². The predicted octanol–water partition coefficient (Wildman–Crippen LogP) is 3.54. The average molecular weight is 277 g/mol. The summed E-state index contributed by atoms with van der Waals surface area (Å²) in [7, 11) is 0. The van der Waals surface area contributed by atoms with Gasteiger partial charge in [0.2, 0.25) is 0 Å². The highest BCUT2D eigenvalue weighted by Gasteiger charge is 2.15. The first-order valence-corrected chi connectivity index (χ1v) is 6.82. The zero-order chi connectivity index (χ0) is 14.4. The number of allylic oxidation sites excluding steroid dienone is 1. The molecule has 108 valence electrons. The van der Waals surface area contributed by atoms with E-state index >= 15 is 0 Å². The van der Waals surface area contributed by atoms with Crippen LogP contribution < -0.4 is 0 Å². The fourth-order valence-corrected chi connectivity index (χ4v) is 2.20. The molecule has 0 bridgehead atoms. The van der Waals surface area contributed by atoms with Crippen molar-refractivity contribution < 1.29 is 14.4 Å². The van der Waals surface area contributed by atoms with Crippen LogP contribution in [-0.2, 0) is 9.47 Å². The minimum atomic E-state index is -0.363. The first kappa shape index (κ1) is 14.7. The highest BCUT2D eigenvalue weighted by atomic mass is 16.7. The lowest BCUT2D eigenvalue weighted by Crippen LogP contribution is -2.22. The number of para-hydroxylation sites is 1. The van der Waals surface area contributed by atoms with E-state index in [0.29, 0.717) is 12.2 Å². The number of nitrogens with zero attached hydrogens (tertiary/aromatic N) is 1. The van der Waals surface area contributed by atoms with Gasteiger partial charge in [-0.05, 0) is 37.8 Å². The Kier molecular flexibility index (Phi) is 5.26. The molecule has 0 N–H and O–H groups in total. The highest BCUT2D eigenvalue weighted by Crippen LogP contribution is 2.25. The molecule has 5 nitrogen and oxygen atoms in total. The lowest BCUT2D eigenvalue weighted by Gasteiger charge is -2.22. The number of nitro groups is 1. The van der Waals surface area contributed by atoms with Crippen LogP contribution in [0, 0.1) is 10.1 Å². The van der Waals surface area contributed by atoms with Crippen molar-refractivity contribution >= 4 is 11.3 Å². The van der Waals surface area contributed by atoms with E-state index in [2.05, 4.69) is 0 Å². The van der Waals surface area contributed by atoms with Crippen LogP contribution in [0.15, 0.2) is 30.3 Å². The molecule has 0 amide bonds. The molecule has 1 atom stereocenters. The van der Waals surface area contributed by atoms with E-state index in [1.807, 2.05) is 13.0 Å². The summed E-state index contributed by atoms with van der Waals surface area (Å²) < 4.78 is 11.1. The van der Waals surface area contributed by atoms with E-state index in [9.17, 15) is 10.1 Å². The molecule has 0 saturated carbocycles. The third-order valence-corrected chi connectivity index (χ3v) is 3.34. The highest BCUT2D eigenvalue weighted by molar-refractivity contribution is 5.71. The molecule has 0 aromatic heterocycles. The molecule has 0 spiro atoms. The number of rotatable bonds is 5. The molecule has 0 radical (unpaired) electrons. The molecule has 1 fully saturated rings. The van der Waals surface area contributed by atoms with Gasteiger partial charge in [-0.15, -0.1) is 0 Å². The van der Waals surface area contributed by atoms with Gasteiger partial charge in [-0.1, -0.05) is 18.2 Å². The Hall–Kier alpha value is -1.72. The van der Waals surface area contributed by atoms with Crippen molar-refractivity contribution in [3.8, 4) is 0 Å². The molecule has 1 unspecified atom stereocenters. The fraction of sp³-hybridized carbons (Fsp3) is 0.467. The molecule has 1 saturated heterocycles. The number of hydrogen-bond acceptors (Lipinski definition) is 4. The van der Waals surface area contributed by atoms with E-state index < -0.39 is 0 Å². The third kappa shape index (κ3) is 3.88. The molecule has 1 heterocycles. The molecule has 1 aliphatic heterocycles. The minimum Gasteiger partial charge on any atom is -0.353 e. The summed E-state index contributed by atoms with van der Waals surface area (Å²) in [6.45, 7) is 3.01. The van der Waals surface area contributed by atoms with Gasteiger partial charge in [-0.3, -0.25) is 10.1 Å². The van der Waals surface area contributed by atoms with E-state index in [-0.39, 0.29) is 16.9 Å². The van der Waals surface area contributed by atoms with Gasteiger partial charge in [-0.25, -0.2) is 0 Å². The number of hydrogen-bond donors (Lipinski definition) is 0. The molecular formula is C15H19NO4. The quantitative estimate of drug-likeness (QED) is 0.610. The summed E-state index contributed by atoms with van der Waals surface area (Å²) in [5.41, 5.74) is 1.59. The maximum atomic E-state index is 11.0. The van der Waals surface area contributed by atoms with Crippen LogP contribution >= 0.6 is 0 Å². The van der Waals surface area contributed by atoms with Crippen LogP contribution in [0.1, 0.15) is 31.7 Å². The van der Waals surface area contributed by atoms with Crippen molar-refractivity contribution in [2.75, 3.05) is 13.2 Å². The number of nitro benzene ring substituents is 1. The molecular weight excluding hydrogens is 258 g/mol. The number of ether oxygens (including phenoxy) is 2. The Morgan fingerprint density at radius 3 is 3.00 bits per heavy atom. The maximum absolute atomic E-state index is 11.0. The van der Waals surface area contributed by atoms with Gasteiger partial charge in [0, 0.05) is 12.7 Å². The van der Waals surface area contributed by atoms with Crippen molar-refractivity contribution in [1.29, 1.82) is 0 Å². The second kappa shape index (κ2) is 7.17. The van der Waals surface area contributed by atoms with Gasteiger partial charge in [0.1, 0.15) is 0 Å². The zero-order valence-electron chi connectivity index (χ0n) is 11.6. The second-order valence-electron chi connectivity index (χ2n) is 4.79. The lowest BCUT2D eigenvalue weighted by molar-refractivity contribution is -0.385. The van der Waals surface area contributed by atoms with Crippen molar-refractivity contribution in [1.82, 2.24) is 0 Å². The first-order chi connectivity index (χ1) is 9.68. The predicted molar refractivity (Wildman–Crippen MR) is 76.3 cm³/mol. The van der Waals surface area contributed by atoms with E-state index in [1.54, 1.807) is 18.2 Å². The Morgan fingerprint density at radius 1 is 1.50 bits per heavy atom. The molecule has 20 heavy (non-hydrogen) atoms. The minimum absolute atomic E-state index is 0.121. The van der Waals surface area contributed by atoms with Gasteiger partial charge in [0.25, 0.3) is 5.69 Å². The van der Waals surface area contributed by atoms with Crippen LogP contribution in [0.4, 0.5) is 5.69 Å². The Morgan fingerprint density at radius 2 is 2.30 bits per heavy atom. The lowest BCUT2D eigenvalue weighted by atomic mass is 10.1. The van der Waals surface area contributed by atoms with Crippen molar-refractivity contribution in [2.24, 2.45) is 0 Å². The van der Waals surface area contributed by atoms with Crippen molar-refractivity contribution in [2.45, 2.75) is 32.5 Å². The summed E-state index contributed by atoms with van der Waals surface area (Å²) >= 11 is 0. The average Bonchev–Trinajstić information content (AvgIpc) is 2.48. The van der Waals surface area contributed by atoms with Crippen molar-refractivity contribution in [3.63, 3.8) is 0 Å². The van der Waals surface area contributed by atoms with Gasteiger partial charge in [0.05, 0.1) is 17.1 Å². The largest absolute Gasteiger partial charge is 0.353 e. The van der Waals surface area contributed by atoms with Gasteiger partial charge >= 0.3 is 0 Å². The molecule has 2 rings (SSSR count). The standard InChI is InChI=1S/C15H19NO4/c1-12(9-11-20-15-8-4-5-10-19-15)13-6-2-3-7-14(13)16(17)18/h2-3,6-7,9,15H,4-5,8,10-11H2,1H3/b12-9-. The Bertz CT molecular complexity index is 492. The van der Waals surface area contributed by atoms with Crippen LogP contribution in [0.5, 0.6) is 0 Å². The fourth-order valence-electron chi connectivity index (χ4n) is 2.20. The van der Waals surface area contributed by atoms with E-state index in [4.69, 9.17) is 9.47 Å². The van der Waals surface area contributed by atoms with E-state index in [0.717, 1.165) is 31.4 Å². The van der Waals surface area contributed by atoms with Crippen LogP contribution in [0.25, 0.3) is 5.57 Å².